The molecule has 212 valence electrons. The molecule has 2 atom stereocenters. The van der Waals surface area contributed by atoms with Gasteiger partial charge in [0.05, 0.1) is 22.9 Å². The van der Waals surface area contributed by atoms with Gasteiger partial charge in [-0.25, -0.2) is 9.97 Å². The van der Waals surface area contributed by atoms with Crippen LogP contribution in [0.1, 0.15) is 90.5 Å². The van der Waals surface area contributed by atoms with Crippen molar-refractivity contribution in [2.45, 2.75) is 71.0 Å². The molecule has 2 aromatic carbocycles. The number of benzene rings is 2. The van der Waals surface area contributed by atoms with Gasteiger partial charge in [0.1, 0.15) is 5.82 Å². The maximum Gasteiger partial charge on any atom is 0.416 e. The number of alkyl halides is 3. The van der Waals surface area contributed by atoms with Crippen LogP contribution in [-0.4, -0.2) is 20.4 Å². The second kappa shape index (κ2) is 12.2. The van der Waals surface area contributed by atoms with Crippen molar-refractivity contribution in [3.63, 3.8) is 0 Å². The molecule has 1 saturated carbocycles. The fourth-order valence-corrected chi connectivity index (χ4v) is 5.64. The summed E-state index contributed by atoms with van der Waals surface area (Å²) in [5.74, 6) is 6.44. The van der Waals surface area contributed by atoms with E-state index in [9.17, 15) is 18.0 Å². The molecular formula is C33H33F3N4O. The molecule has 0 bridgehead atoms. The lowest BCUT2D eigenvalue weighted by atomic mass is 9.95. The fraction of sp³-hybridized carbons (Fsp3) is 0.364. The minimum absolute atomic E-state index is 0.171. The molecule has 1 amide bonds. The van der Waals surface area contributed by atoms with Crippen molar-refractivity contribution in [1.29, 1.82) is 0 Å². The maximum atomic E-state index is 13.0. The number of anilines is 1. The van der Waals surface area contributed by atoms with Gasteiger partial charge < -0.3 is 9.88 Å². The first kappa shape index (κ1) is 28.4. The average molecular weight is 559 g/mol. The number of nitrogens with one attached hydrogen (secondary N) is 1. The van der Waals surface area contributed by atoms with Crippen molar-refractivity contribution in [2.75, 3.05) is 5.32 Å². The van der Waals surface area contributed by atoms with Crippen molar-refractivity contribution in [2.24, 2.45) is 5.92 Å². The second-order valence-electron chi connectivity index (χ2n) is 10.8. The van der Waals surface area contributed by atoms with Crippen molar-refractivity contribution < 1.29 is 18.0 Å². The van der Waals surface area contributed by atoms with Gasteiger partial charge in [-0.15, -0.1) is 0 Å². The molecule has 8 heteroatoms. The zero-order chi connectivity index (χ0) is 29.0. The summed E-state index contributed by atoms with van der Waals surface area (Å²) in [7, 11) is 0. The highest BCUT2D eigenvalue weighted by Crippen LogP contribution is 2.34. The van der Waals surface area contributed by atoms with Crippen LogP contribution >= 0.6 is 0 Å². The van der Waals surface area contributed by atoms with Gasteiger partial charge in [-0.05, 0) is 80.1 Å². The van der Waals surface area contributed by atoms with Crippen molar-refractivity contribution >= 4 is 22.8 Å². The summed E-state index contributed by atoms with van der Waals surface area (Å²) < 4.78 is 41.4. The molecular weight excluding hydrogens is 525 g/mol. The Morgan fingerprint density at radius 2 is 1.88 bits per heavy atom. The third-order valence-corrected chi connectivity index (χ3v) is 7.89. The molecule has 2 unspecified atom stereocenters. The number of halogens is 3. The van der Waals surface area contributed by atoms with Gasteiger partial charge in [-0.1, -0.05) is 50.5 Å². The van der Waals surface area contributed by atoms with Crippen LogP contribution in [0.2, 0.25) is 0 Å². The molecule has 1 aliphatic rings. The highest BCUT2D eigenvalue weighted by molar-refractivity contribution is 6.04. The monoisotopic (exact) mass is 558 g/mol. The Hall–Kier alpha value is -4.12. The van der Waals surface area contributed by atoms with E-state index in [2.05, 4.69) is 44.7 Å². The average Bonchev–Trinajstić information content (AvgIpc) is 3.23. The lowest BCUT2D eigenvalue weighted by Gasteiger charge is -2.17. The number of amides is 1. The summed E-state index contributed by atoms with van der Waals surface area (Å²) in [5.41, 5.74) is 3.77. The van der Waals surface area contributed by atoms with E-state index in [4.69, 9.17) is 0 Å². The Labute approximate surface area is 238 Å². The Bertz CT molecular complexity index is 1610. The number of imidazole rings is 1. The SMILES string of the molecule is CCCC1CCCC(n2cnc3cc(C#Cc4cc(C(=O)Nc5cc(C(F)(F)F)ccn5)ccc4C)ccc32)CC1. The number of nitrogens with zero attached hydrogens (tertiary/aromatic N) is 3. The number of rotatable bonds is 5. The maximum absolute atomic E-state index is 13.0. The lowest BCUT2D eigenvalue weighted by molar-refractivity contribution is -0.137. The number of fused-ring (bicyclic) bond motifs is 1. The van der Waals surface area contributed by atoms with Crippen LogP contribution in [0.15, 0.2) is 61.1 Å². The van der Waals surface area contributed by atoms with E-state index >= 15 is 0 Å². The first-order valence-electron chi connectivity index (χ1n) is 14.1. The smallest absolute Gasteiger partial charge is 0.327 e. The van der Waals surface area contributed by atoms with E-state index in [-0.39, 0.29) is 11.4 Å². The van der Waals surface area contributed by atoms with Crippen molar-refractivity contribution in [1.82, 2.24) is 14.5 Å². The minimum atomic E-state index is -4.52. The standard InChI is InChI=1S/C33H33F3N4O/c1-3-5-23-6-4-7-28(14-10-23)40-21-38-29-18-24(11-15-30(29)40)9-13-25-19-26(12-8-22(25)2)32(41)39-31-20-27(16-17-37-31)33(34,35)36/h8,11-12,15-21,23,28H,3-7,10,14H2,1-2H3,(H,37,39,41). The number of aryl methyl sites for hydroxylation is 1. The number of hydrogen-bond donors (Lipinski definition) is 1. The van der Waals surface area contributed by atoms with Crippen LogP contribution in [0, 0.1) is 24.7 Å². The normalized spacial score (nSPS) is 17.5. The van der Waals surface area contributed by atoms with E-state index < -0.39 is 17.6 Å². The van der Waals surface area contributed by atoms with Gasteiger partial charge in [-0.3, -0.25) is 4.79 Å². The zero-order valence-electron chi connectivity index (χ0n) is 23.3. The summed E-state index contributed by atoms with van der Waals surface area (Å²) in [6.07, 6.45) is 7.23. The van der Waals surface area contributed by atoms with Crippen molar-refractivity contribution in [3.8, 4) is 11.8 Å². The topological polar surface area (TPSA) is 59.8 Å². The van der Waals surface area contributed by atoms with E-state index in [0.29, 0.717) is 11.6 Å². The van der Waals surface area contributed by atoms with E-state index in [1.807, 2.05) is 25.4 Å². The summed E-state index contributed by atoms with van der Waals surface area (Å²) in [4.78, 5) is 21.3. The van der Waals surface area contributed by atoms with Crippen LogP contribution < -0.4 is 5.32 Å². The van der Waals surface area contributed by atoms with Gasteiger partial charge in [0.15, 0.2) is 0 Å². The third kappa shape index (κ3) is 6.79. The molecule has 0 spiro atoms. The van der Waals surface area contributed by atoms with E-state index in [1.165, 1.54) is 44.9 Å². The van der Waals surface area contributed by atoms with E-state index in [0.717, 1.165) is 46.4 Å². The molecule has 1 aliphatic carbocycles. The largest absolute Gasteiger partial charge is 0.416 e. The zero-order valence-corrected chi connectivity index (χ0v) is 23.3. The summed E-state index contributed by atoms with van der Waals surface area (Å²) in [6.45, 7) is 4.16. The fourth-order valence-electron chi connectivity index (χ4n) is 5.64. The second-order valence-corrected chi connectivity index (χ2v) is 10.8. The van der Waals surface area contributed by atoms with Gasteiger partial charge >= 0.3 is 6.18 Å². The number of aromatic nitrogens is 3. The summed E-state index contributed by atoms with van der Waals surface area (Å²) >= 11 is 0. The Kier molecular flexibility index (Phi) is 8.44. The van der Waals surface area contributed by atoms with Crippen LogP contribution in [-0.2, 0) is 6.18 Å². The van der Waals surface area contributed by atoms with Crippen LogP contribution in [0.3, 0.4) is 0 Å². The predicted molar refractivity (Wildman–Crippen MR) is 155 cm³/mol. The number of pyridine rings is 1. The molecule has 2 heterocycles. The van der Waals surface area contributed by atoms with Gasteiger partial charge in [0, 0.05) is 28.9 Å². The minimum Gasteiger partial charge on any atom is -0.327 e. The summed E-state index contributed by atoms with van der Waals surface area (Å²) in [5, 5.41) is 2.44. The van der Waals surface area contributed by atoms with Gasteiger partial charge in [-0.2, -0.15) is 13.2 Å². The Morgan fingerprint density at radius 1 is 1.02 bits per heavy atom. The first-order chi connectivity index (χ1) is 19.7. The molecule has 41 heavy (non-hydrogen) atoms. The molecule has 5 nitrogen and oxygen atoms in total. The van der Waals surface area contributed by atoms with Crippen LogP contribution in [0.25, 0.3) is 11.0 Å². The Morgan fingerprint density at radius 3 is 2.68 bits per heavy atom. The molecule has 5 rings (SSSR count). The predicted octanol–water partition coefficient (Wildman–Crippen LogP) is 8.33. The van der Waals surface area contributed by atoms with E-state index in [1.54, 1.807) is 18.2 Å². The Balaban J connectivity index is 1.31. The van der Waals surface area contributed by atoms with Crippen LogP contribution in [0.5, 0.6) is 0 Å². The summed E-state index contributed by atoms with van der Waals surface area (Å²) in [6, 6.07) is 13.2. The molecule has 1 fully saturated rings. The van der Waals surface area contributed by atoms with Crippen LogP contribution in [0.4, 0.5) is 19.0 Å². The quantitative estimate of drug-likeness (QED) is 0.198. The van der Waals surface area contributed by atoms with Crippen molar-refractivity contribution in [3.05, 3.63) is 88.9 Å². The van der Waals surface area contributed by atoms with Gasteiger partial charge in [0.25, 0.3) is 5.91 Å². The number of carbonyl (C=O) groups excluding carboxylic acids is 1. The molecule has 0 radical (unpaired) electrons. The highest BCUT2D eigenvalue weighted by Gasteiger charge is 2.31. The molecule has 2 aromatic heterocycles. The molecule has 0 aliphatic heterocycles. The number of hydrogen-bond acceptors (Lipinski definition) is 3. The lowest BCUT2D eigenvalue weighted by Crippen LogP contribution is -2.14. The van der Waals surface area contributed by atoms with Gasteiger partial charge in [0.2, 0.25) is 0 Å². The number of carbonyl (C=O) groups is 1. The molecule has 1 N–H and O–H groups in total. The molecule has 0 saturated heterocycles. The third-order valence-electron chi connectivity index (χ3n) is 7.89. The first-order valence-corrected chi connectivity index (χ1v) is 14.1. The highest BCUT2D eigenvalue weighted by atomic mass is 19.4. The molecule has 4 aromatic rings.